The van der Waals surface area contributed by atoms with Crippen LogP contribution in [0.15, 0.2) is 29.6 Å². The Morgan fingerprint density at radius 1 is 1.05 bits per heavy atom. The van der Waals surface area contributed by atoms with E-state index in [1.165, 1.54) is 27.1 Å². The van der Waals surface area contributed by atoms with Gasteiger partial charge in [-0.2, -0.15) is 0 Å². The second kappa shape index (κ2) is 6.36. The fourth-order valence-electron chi connectivity index (χ4n) is 2.62. The third-order valence-corrected chi connectivity index (χ3v) is 4.85. The molecule has 0 aliphatic heterocycles. The molecular weight excluding hydrogens is 250 g/mol. The summed E-state index contributed by atoms with van der Waals surface area (Å²) in [6.07, 6.45) is 1.08. The first-order valence-corrected chi connectivity index (χ1v) is 7.84. The van der Waals surface area contributed by atoms with Crippen molar-refractivity contribution in [3.63, 3.8) is 0 Å². The van der Waals surface area contributed by atoms with Crippen LogP contribution < -0.4 is 5.32 Å². The van der Waals surface area contributed by atoms with Crippen molar-refractivity contribution in [3.8, 4) is 0 Å². The Morgan fingerprint density at radius 2 is 1.74 bits per heavy atom. The minimum Gasteiger partial charge on any atom is -0.309 e. The van der Waals surface area contributed by atoms with Gasteiger partial charge in [0.15, 0.2) is 0 Å². The van der Waals surface area contributed by atoms with Gasteiger partial charge in [0.1, 0.15) is 0 Å². The monoisotopic (exact) mass is 273 g/mol. The molecule has 0 bridgehead atoms. The predicted molar refractivity (Wildman–Crippen MR) is 85.1 cm³/mol. The number of hydrogen-bond donors (Lipinski definition) is 1. The molecule has 1 unspecified atom stereocenters. The van der Waals surface area contributed by atoms with Crippen LogP contribution in [-0.4, -0.2) is 6.54 Å². The molecule has 2 aromatic rings. The molecule has 1 N–H and O–H groups in total. The molecule has 19 heavy (non-hydrogen) atoms. The molecule has 0 radical (unpaired) electrons. The van der Waals surface area contributed by atoms with Crippen molar-refractivity contribution in [2.75, 3.05) is 6.54 Å². The molecule has 2 heteroatoms. The van der Waals surface area contributed by atoms with E-state index in [-0.39, 0.29) is 0 Å². The van der Waals surface area contributed by atoms with E-state index in [1.807, 2.05) is 11.3 Å². The minimum absolute atomic E-state index is 0.435. The van der Waals surface area contributed by atoms with Crippen LogP contribution in [0.5, 0.6) is 0 Å². The maximum atomic E-state index is 3.64. The van der Waals surface area contributed by atoms with E-state index in [9.17, 15) is 0 Å². The fourth-order valence-corrected chi connectivity index (χ4v) is 3.62. The van der Waals surface area contributed by atoms with Gasteiger partial charge >= 0.3 is 0 Å². The first-order valence-electron chi connectivity index (χ1n) is 6.96. The highest BCUT2D eigenvalue weighted by Gasteiger charge is 2.16. The molecule has 1 atom stereocenters. The third kappa shape index (κ3) is 3.26. The summed E-state index contributed by atoms with van der Waals surface area (Å²) < 4.78 is 0. The number of nitrogens with one attached hydrogen (secondary N) is 1. The SMILES string of the molecule is CCNC(Cc1c(C)cccc1C)c1sccc1C. The summed E-state index contributed by atoms with van der Waals surface area (Å²) in [5.74, 6) is 0. The quantitative estimate of drug-likeness (QED) is 0.841. The zero-order valence-electron chi connectivity index (χ0n) is 12.3. The normalized spacial score (nSPS) is 12.6. The molecular formula is C17H23NS. The minimum atomic E-state index is 0.435. The van der Waals surface area contributed by atoms with Crippen molar-refractivity contribution in [1.82, 2.24) is 5.32 Å². The van der Waals surface area contributed by atoms with Gasteiger partial charge in [-0.3, -0.25) is 0 Å². The molecule has 2 rings (SSSR count). The van der Waals surface area contributed by atoms with Gasteiger partial charge < -0.3 is 5.32 Å². The number of hydrogen-bond acceptors (Lipinski definition) is 2. The Hall–Kier alpha value is -1.12. The Labute approximate surface area is 120 Å². The van der Waals surface area contributed by atoms with Crippen molar-refractivity contribution in [3.05, 3.63) is 56.8 Å². The third-order valence-electron chi connectivity index (χ3n) is 3.72. The van der Waals surface area contributed by atoms with Gasteiger partial charge in [-0.05, 0) is 67.4 Å². The van der Waals surface area contributed by atoms with Gasteiger partial charge in [-0.25, -0.2) is 0 Å². The molecule has 0 saturated carbocycles. The zero-order valence-corrected chi connectivity index (χ0v) is 13.1. The number of likely N-dealkylation sites (N-methyl/N-ethyl adjacent to an activating group) is 1. The number of benzene rings is 1. The summed E-state index contributed by atoms with van der Waals surface area (Å²) in [5.41, 5.74) is 5.69. The smallest absolute Gasteiger partial charge is 0.0458 e. The van der Waals surface area contributed by atoms with Crippen molar-refractivity contribution >= 4 is 11.3 Å². The van der Waals surface area contributed by atoms with Crippen molar-refractivity contribution < 1.29 is 0 Å². The topological polar surface area (TPSA) is 12.0 Å². The van der Waals surface area contributed by atoms with Crippen LogP contribution in [0.2, 0.25) is 0 Å². The van der Waals surface area contributed by atoms with Crippen LogP contribution in [0.3, 0.4) is 0 Å². The van der Waals surface area contributed by atoms with Crippen molar-refractivity contribution in [2.24, 2.45) is 0 Å². The summed E-state index contributed by atoms with van der Waals surface area (Å²) in [5, 5.41) is 5.83. The van der Waals surface area contributed by atoms with Gasteiger partial charge in [0.25, 0.3) is 0 Å². The number of aryl methyl sites for hydroxylation is 3. The Morgan fingerprint density at radius 3 is 2.26 bits per heavy atom. The van der Waals surface area contributed by atoms with E-state index in [0.29, 0.717) is 6.04 Å². The molecule has 0 amide bonds. The molecule has 102 valence electrons. The van der Waals surface area contributed by atoms with E-state index < -0.39 is 0 Å². The lowest BCUT2D eigenvalue weighted by molar-refractivity contribution is 0.554. The second-order valence-electron chi connectivity index (χ2n) is 5.15. The van der Waals surface area contributed by atoms with Crippen LogP contribution in [-0.2, 0) is 6.42 Å². The first-order chi connectivity index (χ1) is 9.13. The molecule has 0 fully saturated rings. The average molecular weight is 273 g/mol. The zero-order chi connectivity index (χ0) is 13.8. The van der Waals surface area contributed by atoms with Crippen molar-refractivity contribution in [1.29, 1.82) is 0 Å². The van der Waals surface area contributed by atoms with Gasteiger partial charge in [-0.1, -0.05) is 25.1 Å². The highest BCUT2D eigenvalue weighted by Crippen LogP contribution is 2.28. The van der Waals surface area contributed by atoms with E-state index >= 15 is 0 Å². The second-order valence-corrected chi connectivity index (χ2v) is 6.10. The lowest BCUT2D eigenvalue weighted by Crippen LogP contribution is -2.23. The lowest BCUT2D eigenvalue weighted by Gasteiger charge is -2.20. The molecule has 0 aliphatic rings. The van der Waals surface area contributed by atoms with E-state index in [4.69, 9.17) is 0 Å². The van der Waals surface area contributed by atoms with Crippen LogP contribution >= 0.6 is 11.3 Å². The van der Waals surface area contributed by atoms with Crippen LogP contribution in [0.1, 0.15) is 40.1 Å². The maximum Gasteiger partial charge on any atom is 0.0458 e. The van der Waals surface area contributed by atoms with E-state index in [0.717, 1.165) is 13.0 Å². The predicted octanol–water partition coefficient (Wildman–Crippen LogP) is 4.57. The Kier molecular flexibility index (Phi) is 4.78. The Bertz CT molecular complexity index is 522. The van der Waals surface area contributed by atoms with Crippen LogP contribution in [0.4, 0.5) is 0 Å². The molecule has 0 spiro atoms. The molecule has 1 nitrogen and oxygen atoms in total. The van der Waals surface area contributed by atoms with Crippen LogP contribution in [0.25, 0.3) is 0 Å². The molecule has 1 heterocycles. The molecule has 1 aromatic carbocycles. The number of rotatable bonds is 5. The fraction of sp³-hybridized carbons (Fsp3) is 0.412. The van der Waals surface area contributed by atoms with E-state index in [2.05, 4.69) is 62.7 Å². The largest absolute Gasteiger partial charge is 0.309 e. The van der Waals surface area contributed by atoms with Gasteiger partial charge in [0.2, 0.25) is 0 Å². The van der Waals surface area contributed by atoms with Gasteiger partial charge in [0.05, 0.1) is 0 Å². The molecule has 0 saturated heterocycles. The maximum absolute atomic E-state index is 3.64. The van der Waals surface area contributed by atoms with Gasteiger partial charge in [0, 0.05) is 10.9 Å². The lowest BCUT2D eigenvalue weighted by atomic mass is 9.95. The van der Waals surface area contributed by atoms with Gasteiger partial charge in [-0.15, -0.1) is 11.3 Å². The summed E-state index contributed by atoms with van der Waals surface area (Å²) >= 11 is 1.87. The standard InChI is InChI=1S/C17H23NS/c1-5-18-16(17-14(4)9-10-19-17)11-15-12(2)7-6-8-13(15)3/h6-10,16,18H,5,11H2,1-4H3. The highest BCUT2D eigenvalue weighted by molar-refractivity contribution is 7.10. The van der Waals surface area contributed by atoms with Crippen molar-refractivity contribution in [2.45, 2.75) is 40.2 Å². The highest BCUT2D eigenvalue weighted by atomic mass is 32.1. The first kappa shape index (κ1) is 14.3. The summed E-state index contributed by atoms with van der Waals surface area (Å²) in [7, 11) is 0. The number of thiophene rings is 1. The Balaban J connectivity index is 2.29. The van der Waals surface area contributed by atoms with E-state index in [1.54, 1.807) is 0 Å². The van der Waals surface area contributed by atoms with Crippen LogP contribution in [0, 0.1) is 20.8 Å². The molecule has 1 aromatic heterocycles. The summed E-state index contributed by atoms with van der Waals surface area (Å²) in [4.78, 5) is 1.48. The summed E-state index contributed by atoms with van der Waals surface area (Å²) in [6.45, 7) is 9.83. The summed E-state index contributed by atoms with van der Waals surface area (Å²) in [6, 6.07) is 9.23. The average Bonchev–Trinajstić information content (AvgIpc) is 2.79. The molecule has 0 aliphatic carbocycles.